The van der Waals surface area contributed by atoms with Gasteiger partial charge in [0.25, 0.3) is 11.5 Å². The predicted octanol–water partition coefficient (Wildman–Crippen LogP) is 4.23. The van der Waals surface area contributed by atoms with Crippen LogP contribution in [0.25, 0.3) is 16.0 Å². The minimum Gasteiger partial charge on any atom is -0.507 e. The van der Waals surface area contributed by atoms with E-state index in [4.69, 9.17) is 0 Å². The van der Waals surface area contributed by atoms with Crippen LogP contribution in [0.15, 0.2) is 78.5 Å². The number of nitro groups is 1. The molecule has 3 heterocycles. The number of hydrogen-bond acceptors (Lipinski definition) is 8. The van der Waals surface area contributed by atoms with Crippen molar-refractivity contribution in [2.75, 3.05) is 4.90 Å². The van der Waals surface area contributed by atoms with Crippen molar-refractivity contribution in [2.24, 2.45) is 0 Å². The van der Waals surface area contributed by atoms with E-state index < -0.39 is 22.7 Å². The Morgan fingerprint density at radius 1 is 1.06 bits per heavy atom. The number of nitro benzene ring substituents is 1. The quantitative estimate of drug-likeness (QED) is 0.159. The minimum atomic E-state index is -1.01. The fraction of sp³-hybridized carbons (Fsp3) is 0.0435. The van der Waals surface area contributed by atoms with E-state index in [1.54, 1.807) is 48.5 Å². The minimum absolute atomic E-state index is 0.102. The van der Waals surface area contributed by atoms with E-state index in [0.29, 0.717) is 21.5 Å². The van der Waals surface area contributed by atoms with Gasteiger partial charge in [0.05, 0.1) is 26.4 Å². The second kappa shape index (κ2) is 7.92. The van der Waals surface area contributed by atoms with E-state index in [0.717, 1.165) is 11.3 Å². The Hall–Kier alpha value is -4.44. The molecule has 2 aromatic carbocycles. The molecule has 1 saturated heterocycles. The van der Waals surface area contributed by atoms with Crippen molar-refractivity contribution < 1.29 is 19.6 Å². The average Bonchev–Trinajstić information content (AvgIpc) is 3.37. The van der Waals surface area contributed by atoms with Crippen LogP contribution >= 0.6 is 11.3 Å². The highest BCUT2D eigenvalue weighted by atomic mass is 32.1. The largest absolute Gasteiger partial charge is 0.507 e. The van der Waals surface area contributed by atoms with Gasteiger partial charge in [-0.15, -0.1) is 0 Å². The first-order valence-electron chi connectivity index (χ1n) is 9.78. The van der Waals surface area contributed by atoms with Gasteiger partial charge in [-0.1, -0.05) is 47.7 Å². The summed E-state index contributed by atoms with van der Waals surface area (Å²) in [5.41, 5.74) is 1.00. The van der Waals surface area contributed by atoms with Crippen LogP contribution < -0.4 is 4.90 Å². The molecule has 2 aromatic heterocycles. The van der Waals surface area contributed by atoms with Crippen molar-refractivity contribution >= 4 is 49.8 Å². The van der Waals surface area contributed by atoms with E-state index in [9.17, 15) is 24.8 Å². The number of rotatable bonds is 4. The summed E-state index contributed by atoms with van der Waals surface area (Å²) < 4.78 is 0.490. The molecule has 0 aliphatic carbocycles. The molecule has 1 N–H and O–H groups in total. The Labute approximate surface area is 190 Å². The number of aliphatic hydroxyl groups excluding tert-OH is 1. The Morgan fingerprint density at radius 2 is 1.82 bits per heavy atom. The van der Waals surface area contributed by atoms with Crippen LogP contribution in [0.3, 0.4) is 0 Å². The summed E-state index contributed by atoms with van der Waals surface area (Å²) in [5, 5.41) is 22.3. The fourth-order valence-corrected chi connectivity index (χ4v) is 4.74. The van der Waals surface area contributed by atoms with Crippen molar-refractivity contribution in [1.82, 2.24) is 9.97 Å². The van der Waals surface area contributed by atoms with E-state index in [2.05, 4.69) is 9.97 Å². The normalized spacial score (nSPS) is 17.6. The molecule has 9 nitrogen and oxygen atoms in total. The second-order valence-corrected chi connectivity index (χ2v) is 8.20. The summed E-state index contributed by atoms with van der Waals surface area (Å²) in [5.74, 6) is -2.04. The highest BCUT2D eigenvalue weighted by molar-refractivity contribution is 7.22. The molecule has 1 fully saturated rings. The van der Waals surface area contributed by atoms with Gasteiger partial charge in [0.1, 0.15) is 11.8 Å². The molecule has 1 unspecified atom stereocenters. The van der Waals surface area contributed by atoms with Gasteiger partial charge in [-0.25, -0.2) is 4.98 Å². The molecule has 162 valence electrons. The number of aliphatic hydroxyl groups is 1. The van der Waals surface area contributed by atoms with Gasteiger partial charge < -0.3 is 5.11 Å². The van der Waals surface area contributed by atoms with E-state index >= 15 is 0 Å². The summed E-state index contributed by atoms with van der Waals surface area (Å²) in [4.78, 5) is 46.8. The molecule has 1 aliphatic heterocycles. The zero-order valence-electron chi connectivity index (χ0n) is 16.8. The van der Waals surface area contributed by atoms with Crippen LogP contribution in [0, 0.1) is 10.1 Å². The lowest BCUT2D eigenvalue weighted by molar-refractivity contribution is -0.384. The Kier molecular flexibility index (Phi) is 4.91. The molecular formula is C23H14N4O5S. The maximum absolute atomic E-state index is 13.1. The number of carbonyl (C=O) groups excluding carboxylic acids is 2. The highest BCUT2D eigenvalue weighted by Crippen LogP contribution is 2.44. The molecule has 0 saturated carbocycles. The van der Waals surface area contributed by atoms with E-state index in [-0.39, 0.29) is 22.2 Å². The average molecular weight is 458 g/mol. The van der Waals surface area contributed by atoms with Gasteiger partial charge in [0.15, 0.2) is 5.13 Å². The third-order valence-corrected chi connectivity index (χ3v) is 6.25. The van der Waals surface area contributed by atoms with Crippen molar-refractivity contribution in [3.05, 3.63) is 99.9 Å². The first kappa shape index (κ1) is 20.5. The van der Waals surface area contributed by atoms with Crippen LogP contribution in [0.4, 0.5) is 10.8 Å². The lowest BCUT2D eigenvalue weighted by Crippen LogP contribution is -2.29. The lowest BCUT2D eigenvalue weighted by Gasteiger charge is -2.21. The molecule has 5 rings (SSSR count). The van der Waals surface area contributed by atoms with Gasteiger partial charge in [0.2, 0.25) is 0 Å². The van der Waals surface area contributed by atoms with Gasteiger partial charge in [-0.3, -0.25) is 29.6 Å². The maximum atomic E-state index is 13.1. The van der Waals surface area contributed by atoms with E-state index in [1.165, 1.54) is 29.3 Å². The molecule has 10 heteroatoms. The van der Waals surface area contributed by atoms with Crippen LogP contribution in [-0.2, 0) is 9.59 Å². The molecule has 1 aliphatic rings. The number of amides is 1. The number of aromatic nitrogens is 2. The molecule has 0 radical (unpaired) electrons. The number of thiazole rings is 1. The van der Waals surface area contributed by atoms with Gasteiger partial charge in [-0.05, 0) is 18.2 Å². The SMILES string of the molecule is O=C1C(=O)N(c2nc3ccc([N+](=O)[O-])cc3s2)C(c2ccccn2)/C1=C(\O)c1ccccc1. The summed E-state index contributed by atoms with van der Waals surface area (Å²) in [6, 6.07) is 16.7. The number of ketones is 1. The number of benzene rings is 2. The smallest absolute Gasteiger partial charge is 0.301 e. The van der Waals surface area contributed by atoms with Crippen LogP contribution in [0.2, 0.25) is 0 Å². The summed E-state index contributed by atoms with van der Waals surface area (Å²) >= 11 is 1.05. The maximum Gasteiger partial charge on any atom is 0.301 e. The third kappa shape index (κ3) is 3.42. The summed E-state index contributed by atoms with van der Waals surface area (Å²) in [6.07, 6.45) is 1.53. The van der Waals surface area contributed by atoms with Gasteiger partial charge in [-0.2, -0.15) is 0 Å². The number of pyridine rings is 1. The van der Waals surface area contributed by atoms with Gasteiger partial charge >= 0.3 is 5.91 Å². The van der Waals surface area contributed by atoms with Crippen molar-refractivity contribution in [2.45, 2.75) is 6.04 Å². The summed E-state index contributed by atoms with van der Waals surface area (Å²) in [6.45, 7) is 0. The number of anilines is 1. The van der Waals surface area contributed by atoms with E-state index in [1.807, 2.05) is 0 Å². The number of hydrogen-bond donors (Lipinski definition) is 1. The zero-order valence-corrected chi connectivity index (χ0v) is 17.6. The Bertz CT molecular complexity index is 1450. The zero-order chi connectivity index (χ0) is 23.1. The molecule has 1 atom stereocenters. The van der Waals surface area contributed by atoms with Crippen LogP contribution in [-0.4, -0.2) is 31.7 Å². The van der Waals surface area contributed by atoms with Crippen LogP contribution in [0.1, 0.15) is 17.3 Å². The Balaban J connectivity index is 1.71. The molecular weight excluding hydrogens is 444 g/mol. The number of nitrogens with zero attached hydrogens (tertiary/aromatic N) is 4. The number of carbonyl (C=O) groups is 2. The molecule has 1 amide bonds. The van der Waals surface area contributed by atoms with Gasteiger partial charge in [0, 0.05) is 23.9 Å². The van der Waals surface area contributed by atoms with Crippen molar-refractivity contribution in [3.8, 4) is 0 Å². The highest BCUT2D eigenvalue weighted by Gasteiger charge is 2.48. The first-order valence-corrected chi connectivity index (χ1v) is 10.6. The molecule has 33 heavy (non-hydrogen) atoms. The summed E-state index contributed by atoms with van der Waals surface area (Å²) in [7, 11) is 0. The molecule has 0 spiro atoms. The number of fused-ring (bicyclic) bond motifs is 1. The topological polar surface area (TPSA) is 127 Å². The van der Waals surface area contributed by atoms with Crippen LogP contribution in [0.5, 0.6) is 0 Å². The molecule has 4 aromatic rings. The third-order valence-electron chi connectivity index (χ3n) is 5.24. The molecule has 0 bridgehead atoms. The van der Waals surface area contributed by atoms with Crippen molar-refractivity contribution in [3.63, 3.8) is 0 Å². The second-order valence-electron chi connectivity index (χ2n) is 7.20. The predicted molar refractivity (Wildman–Crippen MR) is 122 cm³/mol. The standard InChI is InChI=1S/C23H14N4O5S/c28-20(13-6-2-1-3-7-13)18-19(16-8-4-5-11-24-16)26(22(30)21(18)29)23-25-15-10-9-14(27(31)32)12-17(15)33-23/h1-12,19,28H/b20-18+. The monoisotopic (exact) mass is 458 g/mol. The lowest BCUT2D eigenvalue weighted by atomic mass is 9.98. The van der Waals surface area contributed by atoms with Crippen molar-refractivity contribution in [1.29, 1.82) is 0 Å². The number of Topliss-reactive ketones (excluding diaryl/α,β-unsaturated/α-hetero) is 1. The Morgan fingerprint density at radius 3 is 2.52 bits per heavy atom. The number of non-ortho nitro benzene ring substituents is 1. The fourth-order valence-electron chi connectivity index (χ4n) is 3.72. The first-order chi connectivity index (χ1) is 16.0.